The molecule has 8 heteroatoms. The number of nitrogens with one attached hydrogen (secondary N) is 1. The fraction of sp³-hybridized carbons (Fsp3) is 0.458. The lowest BCUT2D eigenvalue weighted by Crippen LogP contribution is -2.52. The minimum atomic E-state index is 0. The van der Waals surface area contributed by atoms with Crippen LogP contribution in [0.1, 0.15) is 5.56 Å². The molecule has 1 N–H and O–H groups in total. The zero-order valence-electron chi connectivity index (χ0n) is 19.6. The number of guanidine groups is 1. The summed E-state index contributed by atoms with van der Waals surface area (Å²) < 4.78 is 11.2. The molecule has 0 aromatic heterocycles. The molecule has 1 fully saturated rings. The summed E-state index contributed by atoms with van der Waals surface area (Å²) in [5, 5.41) is 3.50. The third-order valence-corrected chi connectivity index (χ3v) is 5.37. The molecule has 1 saturated heterocycles. The lowest BCUT2D eigenvalue weighted by atomic mass is 10.2. The molecular weight excluding hydrogens is 517 g/mol. The summed E-state index contributed by atoms with van der Waals surface area (Å²) in [6.07, 6.45) is 0. The van der Waals surface area contributed by atoms with Crippen molar-refractivity contribution in [3.8, 4) is 11.5 Å². The van der Waals surface area contributed by atoms with E-state index >= 15 is 0 Å². The number of benzene rings is 2. The quantitative estimate of drug-likeness (QED) is 0.308. The fourth-order valence-electron chi connectivity index (χ4n) is 3.59. The van der Waals surface area contributed by atoms with E-state index in [-0.39, 0.29) is 24.0 Å². The number of methoxy groups -OCH3 is 1. The zero-order valence-corrected chi connectivity index (χ0v) is 21.9. The van der Waals surface area contributed by atoms with Crippen LogP contribution in [0.4, 0.5) is 5.69 Å². The van der Waals surface area contributed by atoms with E-state index in [0.29, 0.717) is 13.2 Å². The number of piperazine rings is 1. The summed E-state index contributed by atoms with van der Waals surface area (Å²) in [5.41, 5.74) is 2.38. The molecule has 1 aliphatic heterocycles. The summed E-state index contributed by atoms with van der Waals surface area (Å²) in [4.78, 5) is 11.3. The van der Waals surface area contributed by atoms with Gasteiger partial charge in [-0.15, -0.1) is 24.0 Å². The van der Waals surface area contributed by atoms with Crippen LogP contribution in [0.25, 0.3) is 0 Å². The molecule has 1 aliphatic rings. The average molecular weight is 553 g/mol. The number of halogens is 1. The maximum atomic E-state index is 5.85. The molecule has 0 atom stereocenters. The molecule has 3 rings (SSSR count). The number of hydrogen-bond acceptors (Lipinski definition) is 5. The maximum Gasteiger partial charge on any atom is 0.194 e. The Morgan fingerprint density at radius 3 is 2.44 bits per heavy atom. The molecule has 0 saturated carbocycles. The topological polar surface area (TPSA) is 52.6 Å². The van der Waals surface area contributed by atoms with Gasteiger partial charge in [-0.25, -0.2) is 0 Å². The van der Waals surface area contributed by atoms with Gasteiger partial charge in [0.05, 0.1) is 7.11 Å². The maximum absolute atomic E-state index is 5.85. The number of anilines is 1. The van der Waals surface area contributed by atoms with Crippen molar-refractivity contribution < 1.29 is 9.47 Å². The molecule has 2 aromatic carbocycles. The zero-order chi connectivity index (χ0) is 22.1. The van der Waals surface area contributed by atoms with Crippen LogP contribution in [0.3, 0.4) is 0 Å². The smallest absolute Gasteiger partial charge is 0.194 e. The largest absolute Gasteiger partial charge is 0.497 e. The van der Waals surface area contributed by atoms with Crippen LogP contribution in [0.2, 0.25) is 0 Å². The minimum Gasteiger partial charge on any atom is -0.497 e. The van der Waals surface area contributed by atoms with Crippen LogP contribution in [0.5, 0.6) is 11.5 Å². The summed E-state index contributed by atoms with van der Waals surface area (Å²) in [7, 11) is 7.65. The van der Waals surface area contributed by atoms with E-state index in [1.54, 1.807) is 7.11 Å². The minimum absolute atomic E-state index is 0. The molecule has 0 bridgehead atoms. The summed E-state index contributed by atoms with van der Waals surface area (Å²) in [6, 6.07) is 16.5. The van der Waals surface area contributed by atoms with E-state index < -0.39 is 0 Å². The lowest BCUT2D eigenvalue weighted by molar-refractivity contribution is 0.261. The van der Waals surface area contributed by atoms with E-state index in [2.05, 4.69) is 49.3 Å². The Kier molecular flexibility index (Phi) is 10.9. The third-order valence-electron chi connectivity index (χ3n) is 5.37. The van der Waals surface area contributed by atoms with Crippen LogP contribution >= 0.6 is 24.0 Å². The van der Waals surface area contributed by atoms with Gasteiger partial charge >= 0.3 is 0 Å². The predicted molar refractivity (Wildman–Crippen MR) is 143 cm³/mol. The number of nitrogens with zero attached hydrogens (tertiary/aromatic N) is 4. The Balaban J connectivity index is 0.00000363. The molecule has 0 unspecified atom stereocenters. The van der Waals surface area contributed by atoms with Crippen molar-refractivity contribution in [1.29, 1.82) is 0 Å². The van der Waals surface area contributed by atoms with Crippen molar-refractivity contribution in [3.05, 3.63) is 54.1 Å². The van der Waals surface area contributed by atoms with Crippen molar-refractivity contribution in [2.24, 2.45) is 4.99 Å². The molecule has 7 nitrogen and oxygen atoms in total. The predicted octanol–water partition coefficient (Wildman–Crippen LogP) is 3.15. The normalized spacial score (nSPS) is 14.2. The van der Waals surface area contributed by atoms with Crippen LogP contribution < -0.4 is 19.7 Å². The second kappa shape index (κ2) is 13.4. The second-order valence-corrected chi connectivity index (χ2v) is 7.88. The van der Waals surface area contributed by atoms with Gasteiger partial charge in [-0.3, -0.25) is 4.99 Å². The van der Waals surface area contributed by atoms with Gasteiger partial charge in [0.1, 0.15) is 18.1 Å². The standard InChI is InChI=1S/C24H35N5O2.HI/c1-25-24(26-19-20-7-5-10-23(17-20)31-16-15-27(2)3)29-13-11-28(12-14-29)21-8-6-9-22(18-21)30-4;/h5-10,17-18H,11-16,19H2,1-4H3,(H,25,26);1H. The highest BCUT2D eigenvalue weighted by Crippen LogP contribution is 2.22. The SMILES string of the molecule is CN=C(NCc1cccc(OCCN(C)C)c1)N1CCN(c2cccc(OC)c2)CC1.I. The van der Waals surface area contributed by atoms with Crippen molar-refractivity contribution in [3.63, 3.8) is 0 Å². The molecule has 176 valence electrons. The number of ether oxygens (including phenoxy) is 2. The van der Waals surface area contributed by atoms with Gasteiger partial charge in [0, 0.05) is 58.1 Å². The van der Waals surface area contributed by atoms with Gasteiger partial charge in [0.2, 0.25) is 0 Å². The fourth-order valence-corrected chi connectivity index (χ4v) is 3.59. The van der Waals surface area contributed by atoms with Crippen LogP contribution in [-0.2, 0) is 6.54 Å². The molecule has 0 spiro atoms. The number of hydrogen-bond donors (Lipinski definition) is 1. The second-order valence-electron chi connectivity index (χ2n) is 7.88. The number of rotatable bonds is 8. The van der Waals surface area contributed by atoms with Crippen molar-refractivity contribution in [1.82, 2.24) is 15.1 Å². The number of likely N-dealkylation sites (N-methyl/N-ethyl adjacent to an activating group) is 1. The van der Waals surface area contributed by atoms with Crippen LogP contribution in [0.15, 0.2) is 53.5 Å². The summed E-state index contributed by atoms with van der Waals surface area (Å²) in [6.45, 7) is 6.04. The van der Waals surface area contributed by atoms with Gasteiger partial charge in [-0.05, 0) is 43.9 Å². The summed E-state index contributed by atoms with van der Waals surface area (Å²) in [5.74, 6) is 2.73. The van der Waals surface area contributed by atoms with E-state index in [1.165, 1.54) is 11.3 Å². The van der Waals surface area contributed by atoms with Gasteiger partial charge < -0.3 is 29.5 Å². The first-order valence-electron chi connectivity index (χ1n) is 10.8. The highest BCUT2D eigenvalue weighted by molar-refractivity contribution is 14.0. The molecule has 0 amide bonds. The Morgan fingerprint density at radius 2 is 1.75 bits per heavy atom. The van der Waals surface area contributed by atoms with Crippen LogP contribution in [0, 0.1) is 0 Å². The van der Waals surface area contributed by atoms with E-state index in [4.69, 9.17) is 9.47 Å². The molecule has 0 radical (unpaired) electrons. The Labute approximate surface area is 209 Å². The highest BCUT2D eigenvalue weighted by Gasteiger charge is 2.20. The van der Waals surface area contributed by atoms with Crippen molar-refractivity contribution in [2.45, 2.75) is 6.54 Å². The van der Waals surface area contributed by atoms with Gasteiger partial charge in [0.25, 0.3) is 0 Å². The Hall–Kier alpha value is -2.20. The first-order chi connectivity index (χ1) is 15.1. The van der Waals surface area contributed by atoms with Crippen molar-refractivity contribution in [2.75, 3.05) is 72.5 Å². The monoisotopic (exact) mass is 553 g/mol. The first kappa shape index (κ1) is 26.1. The van der Waals surface area contributed by atoms with Gasteiger partial charge in [-0.2, -0.15) is 0 Å². The highest BCUT2D eigenvalue weighted by atomic mass is 127. The van der Waals surface area contributed by atoms with Gasteiger partial charge in [0.15, 0.2) is 5.96 Å². The van der Waals surface area contributed by atoms with E-state index in [1.807, 2.05) is 45.4 Å². The Bertz CT molecular complexity index is 854. The third kappa shape index (κ3) is 7.74. The molecule has 2 aromatic rings. The molecule has 1 heterocycles. The molecule has 32 heavy (non-hydrogen) atoms. The summed E-state index contributed by atoms with van der Waals surface area (Å²) >= 11 is 0. The van der Waals surface area contributed by atoms with E-state index in [9.17, 15) is 0 Å². The lowest BCUT2D eigenvalue weighted by Gasteiger charge is -2.37. The van der Waals surface area contributed by atoms with Gasteiger partial charge in [-0.1, -0.05) is 18.2 Å². The molecule has 0 aliphatic carbocycles. The Morgan fingerprint density at radius 1 is 1.03 bits per heavy atom. The average Bonchev–Trinajstić information content (AvgIpc) is 2.80. The van der Waals surface area contributed by atoms with Crippen LogP contribution in [-0.4, -0.2) is 83.3 Å². The first-order valence-corrected chi connectivity index (χ1v) is 10.8. The number of aliphatic imine (C=N–C) groups is 1. The van der Waals surface area contributed by atoms with Crippen molar-refractivity contribution >= 4 is 35.6 Å². The molecular formula is C24H36IN5O2. The van der Waals surface area contributed by atoms with E-state index in [0.717, 1.165) is 50.2 Å².